The summed E-state index contributed by atoms with van der Waals surface area (Å²) in [4.78, 5) is 11.9. The van der Waals surface area contributed by atoms with E-state index in [2.05, 4.69) is 10.5 Å². The van der Waals surface area contributed by atoms with E-state index in [-0.39, 0.29) is 18.2 Å². The van der Waals surface area contributed by atoms with Crippen molar-refractivity contribution in [1.82, 2.24) is 5.32 Å². The zero-order valence-electron chi connectivity index (χ0n) is 10.6. The van der Waals surface area contributed by atoms with E-state index in [1.807, 2.05) is 0 Å². The second-order valence-electron chi connectivity index (χ2n) is 4.58. The van der Waals surface area contributed by atoms with Crippen LogP contribution in [0.5, 0.6) is 0 Å². The summed E-state index contributed by atoms with van der Waals surface area (Å²) in [6.07, 6.45) is 0.124. The van der Waals surface area contributed by atoms with E-state index in [0.717, 1.165) is 5.56 Å². The molecule has 0 atom stereocenters. The molecule has 0 saturated carbocycles. The van der Waals surface area contributed by atoms with Gasteiger partial charge in [-0.15, -0.1) is 0 Å². The molecule has 0 aliphatic rings. The number of carbonyl (C=O) groups excluding carboxylic acids is 1. The summed E-state index contributed by atoms with van der Waals surface area (Å²) in [5.74, 6) is -0.343. The molecule has 0 heterocycles. The van der Waals surface area contributed by atoms with Crippen molar-refractivity contribution in [2.45, 2.75) is 25.8 Å². The predicted octanol–water partition coefficient (Wildman–Crippen LogP) is 2.18. The maximum Gasteiger partial charge on any atom is 0.225 e. The van der Waals surface area contributed by atoms with E-state index in [9.17, 15) is 4.79 Å². The van der Waals surface area contributed by atoms with Crippen LogP contribution < -0.4 is 11.1 Å². The van der Waals surface area contributed by atoms with Gasteiger partial charge >= 0.3 is 0 Å². The van der Waals surface area contributed by atoms with Gasteiger partial charge in [0, 0.05) is 0 Å². The summed E-state index contributed by atoms with van der Waals surface area (Å²) in [6, 6.07) is 4.96. The molecule has 0 fully saturated rings. The van der Waals surface area contributed by atoms with Crippen molar-refractivity contribution in [3.8, 4) is 0 Å². The Morgan fingerprint density at radius 3 is 2.58 bits per heavy atom. The lowest BCUT2D eigenvalue weighted by Crippen LogP contribution is -2.53. The van der Waals surface area contributed by atoms with Crippen molar-refractivity contribution in [2.75, 3.05) is 0 Å². The van der Waals surface area contributed by atoms with E-state index in [0.29, 0.717) is 10.0 Å². The smallest absolute Gasteiger partial charge is 0.225 e. The Kier molecular flexibility index (Phi) is 5.03. The third-order valence-corrected chi connectivity index (χ3v) is 3.29. The Labute approximate surface area is 121 Å². The number of amidine groups is 1. The van der Waals surface area contributed by atoms with Crippen LogP contribution in [0.1, 0.15) is 19.4 Å². The zero-order chi connectivity index (χ0) is 14.6. The van der Waals surface area contributed by atoms with Gasteiger partial charge in [0.15, 0.2) is 5.84 Å². The molecule has 1 amide bonds. The highest BCUT2D eigenvalue weighted by molar-refractivity contribution is 6.42. The van der Waals surface area contributed by atoms with Gasteiger partial charge in [-0.2, -0.15) is 0 Å². The predicted molar refractivity (Wildman–Crippen MR) is 75.8 cm³/mol. The lowest BCUT2D eigenvalue weighted by atomic mass is 10.0. The van der Waals surface area contributed by atoms with Crippen molar-refractivity contribution in [1.29, 1.82) is 0 Å². The fourth-order valence-electron chi connectivity index (χ4n) is 1.42. The molecule has 0 saturated heterocycles. The van der Waals surface area contributed by atoms with Crippen LogP contribution in [0.4, 0.5) is 0 Å². The number of rotatable bonds is 4. The van der Waals surface area contributed by atoms with Gasteiger partial charge in [0.2, 0.25) is 5.91 Å². The van der Waals surface area contributed by atoms with Gasteiger partial charge < -0.3 is 16.3 Å². The van der Waals surface area contributed by atoms with Crippen LogP contribution in [-0.2, 0) is 11.2 Å². The van der Waals surface area contributed by atoms with Gasteiger partial charge in [-0.05, 0) is 31.5 Å². The molecule has 0 aliphatic heterocycles. The molecule has 1 aromatic carbocycles. The minimum absolute atomic E-state index is 0.0741. The first-order chi connectivity index (χ1) is 8.76. The first-order valence-electron chi connectivity index (χ1n) is 5.49. The monoisotopic (exact) mass is 303 g/mol. The van der Waals surface area contributed by atoms with E-state index in [1.165, 1.54) is 0 Å². The Balaban J connectivity index is 2.73. The number of hydrogen-bond acceptors (Lipinski definition) is 3. The standard InChI is InChI=1S/C12H15Cl2N3O2/c1-12(2,11(15)17-19)16-10(18)6-7-3-4-8(13)9(14)5-7/h3-5,19H,6H2,1-2H3,(H2,15,17)(H,16,18). The molecule has 1 rings (SSSR count). The van der Waals surface area contributed by atoms with E-state index in [4.69, 9.17) is 34.1 Å². The second kappa shape index (κ2) is 6.12. The van der Waals surface area contributed by atoms with Crippen molar-refractivity contribution in [2.24, 2.45) is 10.9 Å². The van der Waals surface area contributed by atoms with Crippen molar-refractivity contribution in [3.05, 3.63) is 33.8 Å². The van der Waals surface area contributed by atoms with Gasteiger partial charge in [-0.1, -0.05) is 34.4 Å². The van der Waals surface area contributed by atoms with Crippen LogP contribution in [0.25, 0.3) is 0 Å². The number of nitrogens with two attached hydrogens (primary N) is 1. The Bertz CT molecular complexity index is 516. The molecule has 0 radical (unpaired) electrons. The van der Waals surface area contributed by atoms with Gasteiger partial charge in [0.1, 0.15) is 0 Å². The molecular formula is C12H15Cl2N3O2. The number of hydrogen-bond donors (Lipinski definition) is 3. The normalized spacial score (nSPS) is 12.3. The zero-order valence-corrected chi connectivity index (χ0v) is 12.1. The van der Waals surface area contributed by atoms with E-state index >= 15 is 0 Å². The van der Waals surface area contributed by atoms with Crippen LogP contribution in [0.2, 0.25) is 10.0 Å². The number of halogens is 2. The molecule has 0 aromatic heterocycles. The molecule has 5 nitrogen and oxygen atoms in total. The molecule has 0 bridgehead atoms. The highest BCUT2D eigenvalue weighted by Crippen LogP contribution is 2.22. The first-order valence-corrected chi connectivity index (χ1v) is 6.25. The summed E-state index contributed by atoms with van der Waals surface area (Å²) < 4.78 is 0. The Morgan fingerprint density at radius 1 is 1.42 bits per heavy atom. The number of carbonyl (C=O) groups is 1. The minimum atomic E-state index is -0.929. The summed E-state index contributed by atoms with van der Waals surface area (Å²) in [5.41, 5.74) is 5.28. The van der Waals surface area contributed by atoms with Gasteiger partial charge in [-0.25, -0.2) is 0 Å². The Morgan fingerprint density at radius 2 is 2.05 bits per heavy atom. The quantitative estimate of drug-likeness (QED) is 0.345. The molecule has 0 aliphatic carbocycles. The van der Waals surface area contributed by atoms with Crippen molar-refractivity contribution in [3.63, 3.8) is 0 Å². The number of benzene rings is 1. The van der Waals surface area contributed by atoms with Crippen molar-refractivity contribution < 1.29 is 10.0 Å². The molecule has 7 heteroatoms. The second-order valence-corrected chi connectivity index (χ2v) is 5.40. The molecular weight excluding hydrogens is 289 g/mol. The SMILES string of the molecule is CC(C)(NC(=O)Cc1ccc(Cl)c(Cl)c1)C(N)=NO. The summed E-state index contributed by atoms with van der Waals surface area (Å²) in [6.45, 7) is 3.27. The van der Waals surface area contributed by atoms with Crippen LogP contribution >= 0.6 is 23.2 Å². The summed E-state index contributed by atoms with van der Waals surface area (Å²) in [5, 5.41) is 15.0. The van der Waals surface area contributed by atoms with Gasteiger partial charge in [-0.3, -0.25) is 4.79 Å². The third kappa shape index (κ3) is 4.29. The van der Waals surface area contributed by atoms with Crippen LogP contribution in [0.15, 0.2) is 23.4 Å². The summed E-state index contributed by atoms with van der Waals surface area (Å²) in [7, 11) is 0. The van der Waals surface area contributed by atoms with Crippen molar-refractivity contribution >= 4 is 34.9 Å². The lowest BCUT2D eigenvalue weighted by molar-refractivity contribution is -0.121. The summed E-state index contributed by atoms with van der Waals surface area (Å²) >= 11 is 11.7. The van der Waals surface area contributed by atoms with E-state index < -0.39 is 5.54 Å². The molecule has 0 unspecified atom stereocenters. The average molecular weight is 304 g/mol. The van der Waals surface area contributed by atoms with Crippen LogP contribution in [0.3, 0.4) is 0 Å². The first kappa shape index (κ1) is 15.6. The third-order valence-electron chi connectivity index (χ3n) is 2.55. The molecule has 19 heavy (non-hydrogen) atoms. The molecule has 4 N–H and O–H groups in total. The number of nitrogens with zero attached hydrogens (tertiary/aromatic N) is 1. The topological polar surface area (TPSA) is 87.7 Å². The highest BCUT2D eigenvalue weighted by atomic mass is 35.5. The largest absolute Gasteiger partial charge is 0.409 e. The maximum atomic E-state index is 11.9. The number of oxime groups is 1. The van der Waals surface area contributed by atoms with Crippen LogP contribution in [-0.4, -0.2) is 22.5 Å². The fraction of sp³-hybridized carbons (Fsp3) is 0.333. The number of amides is 1. The minimum Gasteiger partial charge on any atom is -0.409 e. The van der Waals surface area contributed by atoms with Gasteiger partial charge in [0.25, 0.3) is 0 Å². The number of nitrogens with one attached hydrogen (secondary N) is 1. The molecule has 104 valence electrons. The van der Waals surface area contributed by atoms with Crippen LogP contribution in [0, 0.1) is 0 Å². The van der Waals surface area contributed by atoms with Gasteiger partial charge in [0.05, 0.1) is 22.0 Å². The maximum absolute atomic E-state index is 11.9. The average Bonchev–Trinajstić information content (AvgIpc) is 2.32. The lowest BCUT2D eigenvalue weighted by Gasteiger charge is -2.24. The molecule has 0 spiro atoms. The highest BCUT2D eigenvalue weighted by Gasteiger charge is 2.25. The fourth-order valence-corrected chi connectivity index (χ4v) is 1.74. The van der Waals surface area contributed by atoms with E-state index in [1.54, 1.807) is 32.0 Å². The Hall–Kier alpha value is -1.46. The molecule has 1 aromatic rings.